The minimum absolute atomic E-state index is 1.10. The summed E-state index contributed by atoms with van der Waals surface area (Å²) in [5, 5.41) is 1.10. The first kappa shape index (κ1) is 5.29. The maximum absolute atomic E-state index is 11.0. The first-order valence-corrected chi connectivity index (χ1v) is 3.40. The molecule has 0 N–H and O–H groups in total. The van der Waals surface area contributed by atoms with Gasteiger partial charge < -0.3 is 0 Å². The molecule has 0 aliphatic carbocycles. The Morgan fingerprint density at radius 1 is 2.00 bits per heavy atom. The first-order valence-electron chi connectivity index (χ1n) is 0.798. The molecule has 0 saturated heterocycles. The zero-order chi connectivity index (χ0) is 4.28. The van der Waals surface area contributed by atoms with Crippen molar-refractivity contribution >= 4 is 24.2 Å². The van der Waals surface area contributed by atoms with Crippen LogP contribution in [0.1, 0.15) is 0 Å². The molecule has 0 saturated carbocycles. The lowest BCUT2D eigenvalue weighted by Gasteiger charge is -1.60. The van der Waals surface area contributed by atoms with E-state index in [-0.39, 0.29) is 0 Å². The number of hydrogen-bond acceptors (Lipinski definition) is 1. The van der Waals surface area contributed by atoms with Gasteiger partial charge in [-0.2, -0.15) is 3.89 Å². The summed E-state index contributed by atoms with van der Waals surface area (Å²) in [5.41, 5.74) is 0. The molecule has 0 amide bonds. The standard InChI is InChI=1S/CH2FOPS/c2-5(4)1-3/h4H2. The molecule has 0 aromatic heterocycles. The lowest BCUT2D eigenvalue weighted by Crippen LogP contribution is -1.28. The Labute approximate surface area is 33.7 Å². The van der Waals surface area contributed by atoms with Crippen molar-refractivity contribution in [3.05, 3.63) is 0 Å². The normalized spacial score (nSPS) is 13.2. The van der Waals surface area contributed by atoms with Gasteiger partial charge in [0.1, 0.15) is 0 Å². The van der Waals surface area contributed by atoms with Crippen molar-refractivity contribution in [2.75, 3.05) is 0 Å². The Bertz CT molecular complexity index is 71.7. The van der Waals surface area contributed by atoms with Crippen LogP contribution in [-0.4, -0.2) is 5.23 Å². The molecule has 0 fully saturated rings. The Kier molecular flexibility index (Phi) is 2.67. The van der Waals surface area contributed by atoms with Crippen LogP contribution in [0.5, 0.6) is 0 Å². The second kappa shape index (κ2) is 2.52. The van der Waals surface area contributed by atoms with E-state index >= 15 is 0 Å². The molecule has 0 spiro atoms. The Balaban J connectivity index is 3.60. The minimum atomic E-state index is -1.71. The van der Waals surface area contributed by atoms with Crippen LogP contribution in [0.15, 0.2) is 0 Å². The fourth-order valence-corrected chi connectivity index (χ4v) is 0. The largest absolute Gasteiger partial charge is 0.224 e. The van der Waals surface area contributed by atoms with Crippen molar-refractivity contribution in [2.45, 2.75) is 0 Å². The van der Waals surface area contributed by atoms with E-state index in [9.17, 15) is 3.89 Å². The van der Waals surface area contributed by atoms with Gasteiger partial charge in [-0.15, -0.1) is 0 Å². The van der Waals surface area contributed by atoms with Crippen LogP contribution in [0.2, 0.25) is 0 Å². The van der Waals surface area contributed by atoms with Crippen molar-refractivity contribution in [1.29, 1.82) is 0 Å². The van der Waals surface area contributed by atoms with Crippen LogP contribution in [0, 0.1) is 0 Å². The van der Waals surface area contributed by atoms with E-state index in [0.717, 1.165) is 5.23 Å². The molecule has 0 aromatic rings. The van der Waals surface area contributed by atoms with Gasteiger partial charge >= 0.3 is 0 Å². The summed E-state index contributed by atoms with van der Waals surface area (Å²) in [5.74, 6) is 0. The molecule has 2 atom stereocenters. The highest BCUT2D eigenvalue weighted by molar-refractivity contribution is 8.50. The number of halogens is 1. The second-order valence-electron chi connectivity index (χ2n) is 0.367. The van der Waals surface area contributed by atoms with Crippen LogP contribution in [0.3, 0.4) is 0 Å². The average Bonchev–Trinajstić information content (AvgIpc) is 1.38. The van der Waals surface area contributed by atoms with E-state index in [4.69, 9.17) is 4.79 Å². The maximum atomic E-state index is 11.0. The summed E-state index contributed by atoms with van der Waals surface area (Å²) in [6, 6.07) is 0. The fraction of sp³-hybridized carbons (Fsp3) is 0. The summed E-state index contributed by atoms with van der Waals surface area (Å²) < 4.78 is 11.0. The molecule has 0 aliphatic heterocycles. The summed E-state index contributed by atoms with van der Waals surface area (Å²) in [4.78, 5) is 9.00. The van der Waals surface area contributed by atoms with E-state index in [1.807, 2.05) is 0 Å². The average molecular weight is 112 g/mol. The molecular weight excluding hydrogens is 110 g/mol. The molecule has 1 nitrogen and oxygen atoms in total. The van der Waals surface area contributed by atoms with Crippen LogP contribution < -0.4 is 0 Å². The van der Waals surface area contributed by atoms with Crippen LogP contribution in [0.4, 0.5) is 3.89 Å². The van der Waals surface area contributed by atoms with Gasteiger partial charge in [0.05, 0.1) is 10.5 Å². The number of hydrogen-bond donors (Lipinski definition) is 0. The first-order chi connectivity index (χ1) is 2.27. The lowest BCUT2D eigenvalue weighted by atomic mass is 11.9. The van der Waals surface area contributed by atoms with Gasteiger partial charge in [0.25, 0.3) is 0 Å². The summed E-state index contributed by atoms with van der Waals surface area (Å²) in [6.07, 6.45) is 0. The van der Waals surface area contributed by atoms with Gasteiger partial charge in [-0.05, 0) is 8.44 Å². The van der Waals surface area contributed by atoms with Crippen molar-refractivity contribution in [2.24, 2.45) is 0 Å². The third-order valence-corrected chi connectivity index (χ3v) is 0.528. The monoisotopic (exact) mass is 112 g/mol. The zero-order valence-corrected chi connectivity index (χ0v) is 4.24. The predicted molar refractivity (Wildman–Crippen MR) is 24.1 cm³/mol. The van der Waals surface area contributed by atoms with Gasteiger partial charge in [0, 0.05) is 0 Å². The van der Waals surface area contributed by atoms with E-state index < -0.39 is 10.5 Å². The molecule has 0 heterocycles. The van der Waals surface area contributed by atoms with E-state index in [1.54, 1.807) is 8.44 Å². The molecule has 0 radical (unpaired) electrons. The SMILES string of the molecule is O=C=S(F)P. The third kappa shape index (κ3) is 4.29. The third-order valence-electron chi connectivity index (χ3n) is 0.0796. The van der Waals surface area contributed by atoms with Crippen LogP contribution in [-0.2, 0) is 4.79 Å². The summed E-state index contributed by atoms with van der Waals surface area (Å²) >= 11 is 0. The van der Waals surface area contributed by atoms with Crippen LogP contribution in [0.25, 0.3) is 0 Å². The highest BCUT2D eigenvalue weighted by Crippen LogP contribution is 2.19. The lowest BCUT2D eigenvalue weighted by molar-refractivity contribution is 0.571. The van der Waals surface area contributed by atoms with Crippen molar-refractivity contribution in [1.82, 2.24) is 0 Å². The smallest absolute Gasteiger partial charge is 0.191 e. The molecule has 5 heavy (non-hydrogen) atoms. The van der Waals surface area contributed by atoms with E-state index in [2.05, 4.69) is 0 Å². The Hall–Kier alpha value is 0.290. The van der Waals surface area contributed by atoms with Gasteiger partial charge in [0.15, 0.2) is 5.23 Å². The summed E-state index contributed by atoms with van der Waals surface area (Å²) in [7, 11) is -0.0401. The molecule has 4 heteroatoms. The number of carbonyl (C=O) groups excluding carboxylic acids is 1. The molecule has 0 aromatic carbocycles. The van der Waals surface area contributed by atoms with Gasteiger partial charge in [-0.3, -0.25) is 0 Å². The Morgan fingerprint density at radius 2 is 2.20 bits per heavy atom. The molecule has 0 rings (SSSR count). The molecule has 30 valence electrons. The van der Waals surface area contributed by atoms with Gasteiger partial charge in [-0.25, -0.2) is 4.79 Å². The van der Waals surface area contributed by atoms with Crippen molar-refractivity contribution < 1.29 is 8.68 Å². The molecular formula is CH2FOPS. The minimum Gasteiger partial charge on any atom is -0.224 e. The quantitative estimate of drug-likeness (QED) is 0.337. The molecule has 2 unspecified atom stereocenters. The van der Waals surface area contributed by atoms with Crippen molar-refractivity contribution in [3.8, 4) is 0 Å². The molecule has 0 bridgehead atoms. The highest BCUT2D eigenvalue weighted by atomic mass is 32.7. The summed E-state index contributed by atoms with van der Waals surface area (Å²) in [6.45, 7) is 0. The second-order valence-corrected chi connectivity index (χ2v) is 2.34. The number of rotatable bonds is 0. The Morgan fingerprint density at radius 3 is 2.20 bits per heavy atom. The van der Waals surface area contributed by atoms with Crippen molar-refractivity contribution in [3.63, 3.8) is 0 Å². The molecule has 0 aliphatic rings. The van der Waals surface area contributed by atoms with Gasteiger partial charge in [-0.1, -0.05) is 0 Å². The zero-order valence-electron chi connectivity index (χ0n) is 2.27. The predicted octanol–water partition coefficient (Wildman–Crippen LogP) is 0.997. The van der Waals surface area contributed by atoms with E-state index in [0.29, 0.717) is 0 Å². The highest BCUT2D eigenvalue weighted by Gasteiger charge is 1.65. The topological polar surface area (TPSA) is 17.1 Å². The van der Waals surface area contributed by atoms with E-state index in [1.165, 1.54) is 0 Å². The van der Waals surface area contributed by atoms with Crippen LogP contribution >= 0.6 is 18.9 Å². The van der Waals surface area contributed by atoms with Gasteiger partial charge in [0.2, 0.25) is 0 Å². The maximum Gasteiger partial charge on any atom is 0.191 e. The fourth-order valence-electron chi connectivity index (χ4n) is 0.